The largest absolute Gasteiger partial charge is 0.349 e. The molecule has 0 atom stereocenters. The summed E-state index contributed by atoms with van der Waals surface area (Å²) in [6.45, 7) is 8.58. The van der Waals surface area contributed by atoms with E-state index in [0.29, 0.717) is 5.92 Å². The fourth-order valence-corrected chi connectivity index (χ4v) is 3.63. The molecule has 25 heavy (non-hydrogen) atoms. The van der Waals surface area contributed by atoms with Crippen LogP contribution < -0.4 is 5.32 Å². The molecule has 0 saturated carbocycles. The SMILES string of the molecule is CCc1cc(C(=O)NC2CCN(C)CC2)c2nccc(C(C)C)c2c1. The highest BCUT2D eigenvalue weighted by Crippen LogP contribution is 2.28. The lowest BCUT2D eigenvalue weighted by molar-refractivity contribution is 0.0918. The quantitative estimate of drug-likeness (QED) is 0.923. The average Bonchev–Trinajstić information content (AvgIpc) is 2.61. The standard InChI is InChI=1S/C21H29N3O/c1-5-15-12-18-17(14(2)3)6-9-22-20(18)19(13-15)21(25)23-16-7-10-24(4)11-8-16/h6,9,12-14,16H,5,7-8,10-11H2,1-4H3,(H,23,25). The van der Waals surface area contributed by atoms with Crippen LogP contribution in [-0.2, 0) is 6.42 Å². The van der Waals surface area contributed by atoms with E-state index in [2.05, 4.69) is 55.2 Å². The van der Waals surface area contributed by atoms with E-state index in [4.69, 9.17) is 0 Å². The normalized spacial score (nSPS) is 16.5. The lowest BCUT2D eigenvalue weighted by Crippen LogP contribution is -2.43. The minimum Gasteiger partial charge on any atom is -0.349 e. The first kappa shape index (κ1) is 17.9. The molecule has 0 unspecified atom stereocenters. The zero-order chi connectivity index (χ0) is 18.0. The third-order valence-electron chi connectivity index (χ3n) is 5.27. The van der Waals surface area contributed by atoms with Crippen LogP contribution in [0.3, 0.4) is 0 Å². The Kier molecular flexibility index (Phi) is 5.38. The number of carbonyl (C=O) groups excluding carboxylic acids is 1. The topological polar surface area (TPSA) is 45.2 Å². The predicted molar refractivity (Wildman–Crippen MR) is 103 cm³/mol. The van der Waals surface area contributed by atoms with E-state index in [9.17, 15) is 4.79 Å². The van der Waals surface area contributed by atoms with Gasteiger partial charge in [0.1, 0.15) is 0 Å². The number of fused-ring (bicyclic) bond motifs is 1. The number of pyridine rings is 1. The molecule has 0 bridgehead atoms. The maximum atomic E-state index is 13.0. The number of nitrogens with zero attached hydrogens (tertiary/aromatic N) is 2. The number of rotatable bonds is 4. The van der Waals surface area contributed by atoms with E-state index < -0.39 is 0 Å². The Balaban J connectivity index is 1.97. The van der Waals surface area contributed by atoms with Gasteiger partial charge in [0.15, 0.2) is 0 Å². The third-order valence-corrected chi connectivity index (χ3v) is 5.27. The number of amides is 1. The van der Waals surface area contributed by atoms with Crippen molar-refractivity contribution in [2.75, 3.05) is 20.1 Å². The molecule has 1 aliphatic rings. The van der Waals surface area contributed by atoms with Gasteiger partial charge in [-0.3, -0.25) is 9.78 Å². The first-order valence-electron chi connectivity index (χ1n) is 9.40. The summed E-state index contributed by atoms with van der Waals surface area (Å²) in [6, 6.07) is 6.55. The first-order valence-corrected chi connectivity index (χ1v) is 9.40. The molecule has 0 spiro atoms. The number of aromatic nitrogens is 1. The van der Waals surface area contributed by atoms with Crippen molar-refractivity contribution in [3.8, 4) is 0 Å². The number of hydrogen-bond donors (Lipinski definition) is 1. The fraction of sp³-hybridized carbons (Fsp3) is 0.524. The molecule has 4 heteroatoms. The Morgan fingerprint density at radius 2 is 2.04 bits per heavy atom. The summed E-state index contributed by atoms with van der Waals surface area (Å²) < 4.78 is 0. The summed E-state index contributed by atoms with van der Waals surface area (Å²) in [5.41, 5.74) is 3.99. The monoisotopic (exact) mass is 339 g/mol. The van der Waals surface area contributed by atoms with Crippen molar-refractivity contribution in [2.45, 2.75) is 52.0 Å². The van der Waals surface area contributed by atoms with Crippen LogP contribution in [0.15, 0.2) is 24.4 Å². The lowest BCUT2D eigenvalue weighted by atomic mass is 9.94. The van der Waals surface area contributed by atoms with Crippen molar-refractivity contribution >= 4 is 16.8 Å². The summed E-state index contributed by atoms with van der Waals surface area (Å²) >= 11 is 0. The van der Waals surface area contributed by atoms with Crippen molar-refractivity contribution < 1.29 is 4.79 Å². The molecule has 2 aromatic rings. The van der Waals surface area contributed by atoms with Gasteiger partial charge in [0.25, 0.3) is 5.91 Å². The molecule has 0 aliphatic carbocycles. The highest BCUT2D eigenvalue weighted by Gasteiger charge is 2.21. The van der Waals surface area contributed by atoms with Gasteiger partial charge in [-0.25, -0.2) is 0 Å². The molecule has 4 nitrogen and oxygen atoms in total. The Labute approximate surface area is 150 Å². The number of benzene rings is 1. The minimum absolute atomic E-state index is 0.0169. The van der Waals surface area contributed by atoms with Crippen LogP contribution in [-0.4, -0.2) is 42.0 Å². The number of piperidine rings is 1. The third kappa shape index (κ3) is 3.84. The second-order valence-corrected chi connectivity index (χ2v) is 7.50. The Bertz CT molecular complexity index is 761. The van der Waals surface area contributed by atoms with E-state index in [-0.39, 0.29) is 11.9 Å². The second kappa shape index (κ2) is 7.52. The predicted octanol–water partition coefficient (Wildman–Crippen LogP) is 3.74. The first-order chi connectivity index (χ1) is 12.0. The van der Waals surface area contributed by atoms with Crippen LogP contribution in [0, 0.1) is 0 Å². The fourth-order valence-electron chi connectivity index (χ4n) is 3.63. The van der Waals surface area contributed by atoms with Crippen molar-refractivity contribution in [3.63, 3.8) is 0 Å². The molecule has 2 heterocycles. The smallest absolute Gasteiger partial charge is 0.253 e. The number of nitrogens with one attached hydrogen (secondary N) is 1. The maximum Gasteiger partial charge on any atom is 0.253 e. The molecule has 0 radical (unpaired) electrons. The molecular formula is C21H29N3O. The van der Waals surface area contributed by atoms with E-state index in [0.717, 1.165) is 48.8 Å². The van der Waals surface area contributed by atoms with Crippen LogP contribution >= 0.6 is 0 Å². The molecule has 1 aromatic carbocycles. The lowest BCUT2D eigenvalue weighted by Gasteiger charge is -2.29. The highest BCUT2D eigenvalue weighted by molar-refractivity contribution is 6.06. The molecule has 1 saturated heterocycles. The van der Waals surface area contributed by atoms with Gasteiger partial charge in [0, 0.05) is 17.6 Å². The van der Waals surface area contributed by atoms with Gasteiger partial charge < -0.3 is 10.2 Å². The number of aryl methyl sites for hydroxylation is 1. The van der Waals surface area contributed by atoms with Crippen LogP contribution in [0.2, 0.25) is 0 Å². The van der Waals surface area contributed by atoms with Crippen molar-refractivity contribution in [3.05, 3.63) is 41.1 Å². The average molecular weight is 339 g/mol. The summed E-state index contributed by atoms with van der Waals surface area (Å²) in [7, 11) is 2.13. The molecule has 3 rings (SSSR count). The van der Waals surface area contributed by atoms with Crippen LogP contribution in [0.4, 0.5) is 0 Å². The van der Waals surface area contributed by atoms with Crippen molar-refractivity contribution in [1.82, 2.24) is 15.2 Å². The summed E-state index contributed by atoms with van der Waals surface area (Å²) in [5.74, 6) is 0.422. The van der Waals surface area contributed by atoms with E-state index in [1.165, 1.54) is 11.1 Å². The highest BCUT2D eigenvalue weighted by atomic mass is 16.1. The van der Waals surface area contributed by atoms with Gasteiger partial charge in [-0.1, -0.05) is 20.8 Å². The van der Waals surface area contributed by atoms with Crippen molar-refractivity contribution in [1.29, 1.82) is 0 Å². The minimum atomic E-state index is 0.0169. The van der Waals surface area contributed by atoms with E-state index in [1.807, 2.05) is 12.3 Å². The Morgan fingerprint density at radius 1 is 1.32 bits per heavy atom. The summed E-state index contributed by atoms with van der Waals surface area (Å²) in [5, 5.41) is 4.36. The van der Waals surface area contributed by atoms with E-state index in [1.54, 1.807) is 0 Å². The number of hydrogen-bond acceptors (Lipinski definition) is 3. The zero-order valence-electron chi connectivity index (χ0n) is 15.8. The molecule has 1 aliphatic heterocycles. The van der Waals surface area contributed by atoms with Crippen LogP contribution in [0.1, 0.15) is 61.0 Å². The zero-order valence-corrected chi connectivity index (χ0v) is 15.8. The van der Waals surface area contributed by atoms with Gasteiger partial charge in [-0.15, -0.1) is 0 Å². The van der Waals surface area contributed by atoms with Gasteiger partial charge in [-0.05, 0) is 74.6 Å². The number of likely N-dealkylation sites (tertiary alicyclic amines) is 1. The Hall–Kier alpha value is -1.94. The molecule has 1 N–H and O–H groups in total. The maximum absolute atomic E-state index is 13.0. The summed E-state index contributed by atoms with van der Waals surface area (Å²) in [4.78, 5) is 19.9. The molecule has 1 fully saturated rings. The van der Waals surface area contributed by atoms with Crippen molar-refractivity contribution in [2.24, 2.45) is 0 Å². The molecular weight excluding hydrogens is 310 g/mol. The number of carbonyl (C=O) groups is 1. The molecule has 1 amide bonds. The molecule has 1 aromatic heterocycles. The van der Waals surface area contributed by atoms with Gasteiger partial charge in [0.2, 0.25) is 0 Å². The molecule has 134 valence electrons. The van der Waals surface area contributed by atoms with Gasteiger partial charge in [0.05, 0.1) is 11.1 Å². The summed E-state index contributed by atoms with van der Waals surface area (Å²) in [6.07, 6.45) is 4.77. The van der Waals surface area contributed by atoms with E-state index >= 15 is 0 Å². The van der Waals surface area contributed by atoms with Gasteiger partial charge in [-0.2, -0.15) is 0 Å². The Morgan fingerprint density at radius 3 is 2.68 bits per heavy atom. The van der Waals surface area contributed by atoms with Crippen LogP contribution in [0.5, 0.6) is 0 Å². The van der Waals surface area contributed by atoms with Crippen LogP contribution in [0.25, 0.3) is 10.9 Å². The second-order valence-electron chi connectivity index (χ2n) is 7.50. The van der Waals surface area contributed by atoms with Gasteiger partial charge >= 0.3 is 0 Å².